The predicted octanol–water partition coefficient (Wildman–Crippen LogP) is 3.58. The number of benzene rings is 1. The van der Waals surface area contributed by atoms with E-state index in [0.717, 1.165) is 6.07 Å². The van der Waals surface area contributed by atoms with Crippen molar-refractivity contribution >= 4 is 15.9 Å². The summed E-state index contributed by atoms with van der Waals surface area (Å²) in [5.41, 5.74) is 4.46. The maximum atomic E-state index is 12.9. The van der Waals surface area contributed by atoms with E-state index in [0.29, 0.717) is 4.47 Å². The molecule has 0 aliphatic carbocycles. The Bertz CT molecular complexity index is 566. The van der Waals surface area contributed by atoms with Crippen molar-refractivity contribution in [1.29, 1.82) is 0 Å². The van der Waals surface area contributed by atoms with Gasteiger partial charge in [0.1, 0.15) is 0 Å². The van der Waals surface area contributed by atoms with Crippen LogP contribution in [0.2, 0.25) is 0 Å². The number of halogens is 4. The Balaban J connectivity index is 2.56. The largest absolute Gasteiger partial charge is 0.439 e. The van der Waals surface area contributed by atoms with Gasteiger partial charge in [-0.25, -0.2) is 4.98 Å². The normalized spacial score (nSPS) is 11.8. The number of nitrogens with zero attached hydrogens (tertiary/aromatic N) is 1. The first-order chi connectivity index (χ1) is 8.41. The third-order valence-corrected chi connectivity index (χ3v) is 2.77. The molecular formula is C11H8BrF3N2O. The van der Waals surface area contributed by atoms with Crippen LogP contribution in [0.15, 0.2) is 33.3 Å². The average Bonchev–Trinajstić information content (AvgIpc) is 2.76. The molecule has 96 valence electrons. The minimum atomic E-state index is -4.46. The number of hydrogen-bond acceptors (Lipinski definition) is 3. The smallest absolute Gasteiger partial charge is 0.417 e. The van der Waals surface area contributed by atoms with Gasteiger partial charge in [0, 0.05) is 10.0 Å². The van der Waals surface area contributed by atoms with E-state index in [9.17, 15) is 13.2 Å². The van der Waals surface area contributed by atoms with Gasteiger partial charge in [0.25, 0.3) is 0 Å². The highest BCUT2D eigenvalue weighted by Crippen LogP contribution is 2.38. The Morgan fingerprint density at radius 1 is 1.33 bits per heavy atom. The minimum Gasteiger partial charge on any atom is -0.439 e. The van der Waals surface area contributed by atoms with Crippen molar-refractivity contribution in [3.8, 4) is 11.3 Å². The van der Waals surface area contributed by atoms with E-state index < -0.39 is 11.7 Å². The fraction of sp³-hybridized carbons (Fsp3) is 0.182. The lowest BCUT2D eigenvalue weighted by Gasteiger charge is -2.11. The molecule has 2 rings (SSSR count). The number of alkyl halides is 3. The van der Waals surface area contributed by atoms with Crippen molar-refractivity contribution in [3.63, 3.8) is 0 Å². The molecule has 0 amide bonds. The van der Waals surface area contributed by atoms with Crippen LogP contribution in [0.1, 0.15) is 11.5 Å². The zero-order valence-corrected chi connectivity index (χ0v) is 10.5. The van der Waals surface area contributed by atoms with Crippen molar-refractivity contribution in [1.82, 2.24) is 4.98 Å². The van der Waals surface area contributed by atoms with Crippen LogP contribution in [-0.2, 0) is 12.7 Å². The molecular weight excluding hydrogens is 313 g/mol. The molecule has 0 saturated carbocycles. The molecule has 1 aromatic carbocycles. The van der Waals surface area contributed by atoms with Crippen molar-refractivity contribution < 1.29 is 17.6 Å². The first-order valence-corrected chi connectivity index (χ1v) is 5.73. The lowest BCUT2D eigenvalue weighted by atomic mass is 10.1. The molecule has 0 saturated heterocycles. The molecule has 2 N–H and O–H groups in total. The van der Waals surface area contributed by atoms with Gasteiger partial charge in [0.15, 0.2) is 5.76 Å². The Morgan fingerprint density at radius 2 is 2.06 bits per heavy atom. The van der Waals surface area contributed by atoms with E-state index in [1.165, 1.54) is 18.3 Å². The summed E-state index contributed by atoms with van der Waals surface area (Å²) in [4.78, 5) is 3.79. The van der Waals surface area contributed by atoms with Crippen molar-refractivity contribution in [2.45, 2.75) is 12.7 Å². The van der Waals surface area contributed by atoms with E-state index in [4.69, 9.17) is 10.2 Å². The average molecular weight is 321 g/mol. The summed E-state index contributed by atoms with van der Waals surface area (Å²) in [5, 5.41) is 0. The van der Waals surface area contributed by atoms with Gasteiger partial charge in [-0.15, -0.1) is 0 Å². The highest BCUT2D eigenvalue weighted by molar-refractivity contribution is 9.10. The molecule has 0 aliphatic rings. The Morgan fingerprint density at radius 3 is 2.61 bits per heavy atom. The summed E-state index contributed by atoms with van der Waals surface area (Å²) in [6.45, 7) is 0.0396. The third-order valence-electron chi connectivity index (χ3n) is 2.28. The highest BCUT2D eigenvalue weighted by atomic mass is 79.9. The molecule has 1 heterocycles. The van der Waals surface area contributed by atoms with Crippen LogP contribution in [0, 0.1) is 0 Å². The predicted molar refractivity (Wildman–Crippen MR) is 62.5 cm³/mol. The molecule has 0 spiro atoms. The van der Waals surface area contributed by atoms with Gasteiger partial charge in [0.05, 0.1) is 18.3 Å². The maximum Gasteiger partial charge on any atom is 0.417 e. The molecule has 7 heteroatoms. The standard InChI is InChI=1S/C11H8BrF3N2O/c12-6-1-2-7(8(3-6)11(13,14)15)9-5-17-10(4-16)18-9/h1-3,5H,4,16H2. The molecule has 2 aromatic rings. The second-order valence-electron chi connectivity index (χ2n) is 3.51. The SMILES string of the molecule is NCc1ncc(-c2ccc(Br)cc2C(F)(F)F)o1. The molecule has 0 unspecified atom stereocenters. The van der Waals surface area contributed by atoms with E-state index in [2.05, 4.69) is 20.9 Å². The molecule has 3 nitrogen and oxygen atoms in total. The van der Waals surface area contributed by atoms with Gasteiger partial charge in [-0.2, -0.15) is 13.2 Å². The van der Waals surface area contributed by atoms with E-state index in [1.54, 1.807) is 0 Å². The number of oxazole rings is 1. The van der Waals surface area contributed by atoms with Crippen molar-refractivity contribution in [2.75, 3.05) is 0 Å². The van der Waals surface area contributed by atoms with Crippen LogP contribution in [0.4, 0.5) is 13.2 Å². The fourth-order valence-electron chi connectivity index (χ4n) is 1.50. The van der Waals surface area contributed by atoms with Gasteiger partial charge in [-0.1, -0.05) is 15.9 Å². The second-order valence-corrected chi connectivity index (χ2v) is 4.43. The number of hydrogen-bond donors (Lipinski definition) is 1. The van der Waals surface area contributed by atoms with Gasteiger partial charge >= 0.3 is 6.18 Å². The molecule has 18 heavy (non-hydrogen) atoms. The van der Waals surface area contributed by atoms with E-state index in [-0.39, 0.29) is 23.8 Å². The maximum absolute atomic E-state index is 12.9. The van der Waals surface area contributed by atoms with Gasteiger partial charge < -0.3 is 10.2 Å². The Labute approximate surface area is 109 Å². The van der Waals surface area contributed by atoms with Crippen LogP contribution in [0.25, 0.3) is 11.3 Å². The summed E-state index contributed by atoms with van der Waals surface area (Å²) in [7, 11) is 0. The summed E-state index contributed by atoms with van der Waals surface area (Å²) < 4.78 is 44.2. The highest BCUT2D eigenvalue weighted by Gasteiger charge is 2.34. The lowest BCUT2D eigenvalue weighted by molar-refractivity contribution is -0.137. The van der Waals surface area contributed by atoms with Crippen molar-refractivity contribution in [3.05, 3.63) is 40.3 Å². The molecule has 0 bridgehead atoms. The summed E-state index contributed by atoms with van der Waals surface area (Å²) >= 11 is 3.01. The van der Waals surface area contributed by atoms with Crippen molar-refractivity contribution in [2.24, 2.45) is 5.73 Å². The van der Waals surface area contributed by atoms with Gasteiger partial charge in [-0.05, 0) is 18.2 Å². The number of nitrogens with two attached hydrogens (primary N) is 1. The summed E-state index contributed by atoms with van der Waals surface area (Å²) in [5.74, 6) is 0.247. The third kappa shape index (κ3) is 2.56. The molecule has 0 aliphatic heterocycles. The Hall–Kier alpha value is -1.34. The zero-order valence-electron chi connectivity index (χ0n) is 8.96. The van der Waals surface area contributed by atoms with Crippen LogP contribution in [0.3, 0.4) is 0 Å². The quantitative estimate of drug-likeness (QED) is 0.920. The van der Waals surface area contributed by atoms with E-state index in [1.807, 2.05) is 0 Å². The Kier molecular flexibility index (Phi) is 3.45. The lowest BCUT2D eigenvalue weighted by Crippen LogP contribution is -2.07. The van der Waals surface area contributed by atoms with Crippen LogP contribution < -0.4 is 5.73 Å². The molecule has 0 atom stereocenters. The second kappa shape index (κ2) is 4.74. The molecule has 1 aromatic heterocycles. The van der Waals surface area contributed by atoms with Gasteiger partial charge in [0.2, 0.25) is 5.89 Å². The fourth-order valence-corrected chi connectivity index (χ4v) is 1.86. The van der Waals surface area contributed by atoms with Gasteiger partial charge in [-0.3, -0.25) is 0 Å². The molecule has 0 fully saturated rings. The number of rotatable bonds is 2. The number of aromatic nitrogens is 1. The summed E-state index contributed by atoms with van der Waals surface area (Å²) in [6.07, 6.45) is -3.23. The zero-order chi connectivity index (χ0) is 13.3. The first kappa shape index (κ1) is 13.1. The molecule has 0 radical (unpaired) electrons. The van der Waals surface area contributed by atoms with Crippen LogP contribution in [-0.4, -0.2) is 4.98 Å². The van der Waals surface area contributed by atoms with Crippen LogP contribution >= 0.6 is 15.9 Å². The minimum absolute atomic E-state index is 0.0396. The monoisotopic (exact) mass is 320 g/mol. The van der Waals surface area contributed by atoms with Crippen LogP contribution in [0.5, 0.6) is 0 Å². The van der Waals surface area contributed by atoms with E-state index >= 15 is 0 Å². The summed E-state index contributed by atoms with van der Waals surface area (Å²) in [6, 6.07) is 3.84. The first-order valence-electron chi connectivity index (χ1n) is 4.93. The topological polar surface area (TPSA) is 52.0 Å².